The molecule has 0 aliphatic carbocycles. The first kappa shape index (κ1) is 54.4. The Hall–Kier alpha value is -2.63. The number of allylic oxidation sites excluding steroid dienone is 14. The van der Waals surface area contributed by atoms with Crippen LogP contribution < -0.4 is 0 Å². The maximum Gasteiger partial charge on any atom is 0.306 e. The first-order valence-electron chi connectivity index (χ1n) is 23.2. The molecule has 1 aliphatic heterocycles. The minimum atomic E-state index is -1.55. The van der Waals surface area contributed by atoms with Gasteiger partial charge in [-0.2, -0.15) is 0 Å². The molecule has 1 rings (SSSR count). The second-order valence-corrected chi connectivity index (χ2v) is 15.5. The molecule has 0 aromatic carbocycles. The lowest BCUT2D eigenvalue weighted by molar-refractivity contribution is -0.305. The molecular weight excluding hydrogens is 745 g/mol. The Balaban J connectivity index is 2.31. The number of unbranched alkanes of at least 4 members (excludes halogenated alkanes) is 13. The van der Waals surface area contributed by atoms with Gasteiger partial charge in [0.1, 0.15) is 30.5 Å². The normalized spacial score (nSPS) is 20.9. The van der Waals surface area contributed by atoms with Crippen LogP contribution in [-0.2, 0) is 23.7 Å². The summed E-state index contributed by atoms with van der Waals surface area (Å²) in [6, 6.07) is 0. The Morgan fingerprint density at radius 2 is 1.03 bits per heavy atom. The summed E-state index contributed by atoms with van der Waals surface area (Å²) in [6.45, 7) is 4.35. The Bertz CT molecular complexity index is 1170. The van der Waals surface area contributed by atoms with Crippen molar-refractivity contribution in [1.29, 1.82) is 0 Å². The Morgan fingerprint density at radius 3 is 1.58 bits per heavy atom. The van der Waals surface area contributed by atoms with Gasteiger partial charge in [0.25, 0.3) is 0 Å². The van der Waals surface area contributed by atoms with Gasteiger partial charge < -0.3 is 39.4 Å². The minimum absolute atomic E-state index is 0.118. The molecule has 0 aromatic heterocycles. The highest BCUT2D eigenvalue weighted by atomic mass is 16.7. The molecule has 1 heterocycles. The van der Waals surface area contributed by atoms with Gasteiger partial charge in [0.05, 0.1) is 19.8 Å². The van der Waals surface area contributed by atoms with Gasteiger partial charge in [0, 0.05) is 13.0 Å². The topological polar surface area (TPSA) is 135 Å². The Morgan fingerprint density at radius 1 is 0.559 bits per heavy atom. The lowest BCUT2D eigenvalue weighted by atomic mass is 9.99. The second-order valence-electron chi connectivity index (χ2n) is 15.5. The lowest BCUT2D eigenvalue weighted by Gasteiger charge is -2.39. The van der Waals surface area contributed by atoms with Crippen LogP contribution in [0.1, 0.15) is 162 Å². The molecular formula is C50H84O9. The molecule has 0 amide bonds. The molecule has 0 bridgehead atoms. The fourth-order valence-electron chi connectivity index (χ4n) is 6.43. The maximum absolute atomic E-state index is 12.8. The van der Waals surface area contributed by atoms with Crippen LogP contribution in [-0.4, -0.2) is 89.6 Å². The minimum Gasteiger partial charge on any atom is -0.457 e. The summed E-state index contributed by atoms with van der Waals surface area (Å²) in [5, 5.41) is 40.1. The van der Waals surface area contributed by atoms with E-state index in [9.17, 15) is 25.2 Å². The van der Waals surface area contributed by atoms with Crippen LogP contribution in [0.25, 0.3) is 0 Å². The van der Waals surface area contributed by atoms with Crippen LogP contribution >= 0.6 is 0 Å². The van der Waals surface area contributed by atoms with E-state index in [4.69, 9.17) is 18.9 Å². The standard InChI is InChI=1S/C50H84O9/c1-3-5-7-9-11-13-15-17-19-20-21-22-23-24-25-27-29-31-33-35-37-39-46(52)58-44(43-57-50-49(55)48(54)47(53)45(41-51)59-50)42-56-40-38-36-34-32-30-28-26-18-16-14-12-10-8-6-4-2/h5,7,11,13,16-19,21-22,24-25,29,31,44-45,47-51,53-55H,3-4,6,8-10,12,14-15,20,23,26-28,30,32-43H2,1-2H3/b7-5-,13-11-,18-16-,19-17-,22-21-,25-24-,31-29-. The number of hydrogen-bond acceptors (Lipinski definition) is 9. The molecule has 6 atom stereocenters. The predicted molar refractivity (Wildman–Crippen MR) is 242 cm³/mol. The van der Waals surface area contributed by atoms with Crippen LogP contribution in [0, 0.1) is 0 Å². The van der Waals surface area contributed by atoms with Gasteiger partial charge in [-0.25, -0.2) is 0 Å². The van der Waals surface area contributed by atoms with Gasteiger partial charge in [0.15, 0.2) is 6.29 Å². The van der Waals surface area contributed by atoms with E-state index in [1.54, 1.807) is 0 Å². The number of aliphatic hydroxyl groups excluding tert-OH is 4. The average molecular weight is 829 g/mol. The fraction of sp³-hybridized carbons (Fsp3) is 0.700. The summed E-state index contributed by atoms with van der Waals surface area (Å²) >= 11 is 0. The summed E-state index contributed by atoms with van der Waals surface area (Å²) in [4.78, 5) is 12.8. The van der Waals surface area contributed by atoms with Gasteiger partial charge in [-0.1, -0.05) is 150 Å². The number of aliphatic hydroxyl groups is 4. The van der Waals surface area contributed by atoms with E-state index < -0.39 is 43.4 Å². The van der Waals surface area contributed by atoms with Gasteiger partial charge in [0.2, 0.25) is 0 Å². The number of ether oxygens (including phenoxy) is 4. The largest absolute Gasteiger partial charge is 0.457 e. The van der Waals surface area contributed by atoms with E-state index in [0.29, 0.717) is 13.0 Å². The molecule has 1 fully saturated rings. The third-order valence-corrected chi connectivity index (χ3v) is 10.0. The van der Waals surface area contributed by atoms with Crippen LogP contribution in [0.3, 0.4) is 0 Å². The van der Waals surface area contributed by atoms with Crippen molar-refractivity contribution in [3.05, 3.63) is 85.1 Å². The number of rotatable bonds is 38. The van der Waals surface area contributed by atoms with E-state index >= 15 is 0 Å². The third-order valence-electron chi connectivity index (χ3n) is 10.0. The van der Waals surface area contributed by atoms with Crippen molar-refractivity contribution in [2.45, 2.75) is 198 Å². The monoisotopic (exact) mass is 829 g/mol. The lowest BCUT2D eigenvalue weighted by Crippen LogP contribution is -2.59. The van der Waals surface area contributed by atoms with Crippen molar-refractivity contribution in [2.24, 2.45) is 0 Å². The van der Waals surface area contributed by atoms with Gasteiger partial charge in [-0.3, -0.25) is 4.79 Å². The van der Waals surface area contributed by atoms with E-state index in [1.807, 2.05) is 0 Å². The molecule has 9 heteroatoms. The van der Waals surface area contributed by atoms with E-state index in [-0.39, 0.29) is 25.6 Å². The summed E-state index contributed by atoms with van der Waals surface area (Å²) in [5.41, 5.74) is 0. The molecule has 0 aromatic rings. The number of carbonyl (C=O) groups is 1. The predicted octanol–water partition coefficient (Wildman–Crippen LogP) is 10.6. The molecule has 338 valence electrons. The van der Waals surface area contributed by atoms with Crippen LogP contribution in [0.5, 0.6) is 0 Å². The zero-order valence-electron chi connectivity index (χ0n) is 37.0. The molecule has 59 heavy (non-hydrogen) atoms. The second kappa shape index (κ2) is 40.8. The SMILES string of the molecule is CC/C=C\C/C=C\C/C=C\C/C=C\C/C=C\C/C=C\CCCCC(=O)OC(COCCCCCCCC/C=C\CCCCCCC)COC1OC(CO)C(O)C(O)C1O. The van der Waals surface area contributed by atoms with Crippen molar-refractivity contribution in [3.63, 3.8) is 0 Å². The Labute approximate surface area is 359 Å². The summed E-state index contributed by atoms with van der Waals surface area (Å²) in [5.74, 6) is -0.361. The highest BCUT2D eigenvalue weighted by molar-refractivity contribution is 5.69. The van der Waals surface area contributed by atoms with Crippen LogP contribution in [0.15, 0.2) is 85.1 Å². The quantitative estimate of drug-likeness (QED) is 0.0272. The molecule has 1 aliphatic rings. The summed E-state index contributed by atoms with van der Waals surface area (Å²) in [7, 11) is 0. The molecule has 0 spiro atoms. The van der Waals surface area contributed by atoms with E-state index in [1.165, 1.54) is 57.8 Å². The molecule has 4 N–H and O–H groups in total. The molecule has 6 unspecified atom stereocenters. The maximum atomic E-state index is 12.8. The molecule has 9 nitrogen and oxygen atoms in total. The first-order valence-corrected chi connectivity index (χ1v) is 23.2. The average Bonchev–Trinajstić information content (AvgIpc) is 3.24. The van der Waals surface area contributed by atoms with Gasteiger partial charge in [-0.05, 0) is 89.9 Å². The van der Waals surface area contributed by atoms with Gasteiger partial charge >= 0.3 is 5.97 Å². The fourth-order valence-corrected chi connectivity index (χ4v) is 6.43. The van der Waals surface area contributed by atoms with Crippen molar-refractivity contribution in [1.82, 2.24) is 0 Å². The van der Waals surface area contributed by atoms with Crippen LogP contribution in [0.4, 0.5) is 0 Å². The van der Waals surface area contributed by atoms with Crippen molar-refractivity contribution in [3.8, 4) is 0 Å². The number of carbonyl (C=O) groups excluding carboxylic acids is 1. The zero-order valence-corrected chi connectivity index (χ0v) is 37.0. The van der Waals surface area contributed by atoms with Crippen LogP contribution in [0.2, 0.25) is 0 Å². The zero-order chi connectivity index (χ0) is 42.9. The van der Waals surface area contributed by atoms with Crippen molar-refractivity contribution in [2.75, 3.05) is 26.4 Å². The summed E-state index contributed by atoms with van der Waals surface area (Å²) in [6.07, 6.45) is 47.5. The van der Waals surface area contributed by atoms with Gasteiger partial charge in [-0.15, -0.1) is 0 Å². The smallest absolute Gasteiger partial charge is 0.306 e. The van der Waals surface area contributed by atoms with E-state index in [0.717, 1.165) is 77.0 Å². The highest BCUT2D eigenvalue weighted by Gasteiger charge is 2.44. The number of hydrogen-bond donors (Lipinski definition) is 4. The highest BCUT2D eigenvalue weighted by Crippen LogP contribution is 2.22. The number of esters is 1. The Kier molecular flexibility index (Phi) is 37.6. The van der Waals surface area contributed by atoms with Crippen molar-refractivity contribution >= 4 is 5.97 Å². The van der Waals surface area contributed by atoms with E-state index in [2.05, 4.69) is 98.9 Å². The molecule has 0 saturated carbocycles. The van der Waals surface area contributed by atoms with Crippen molar-refractivity contribution < 1.29 is 44.2 Å². The molecule has 1 saturated heterocycles. The summed E-state index contributed by atoms with van der Waals surface area (Å²) < 4.78 is 22.8. The molecule has 0 radical (unpaired) electrons. The third kappa shape index (κ3) is 31.8. The first-order chi connectivity index (χ1) is 28.9.